The lowest BCUT2D eigenvalue weighted by molar-refractivity contribution is -0.115. The Labute approximate surface area is 120 Å². The van der Waals surface area contributed by atoms with E-state index in [1.54, 1.807) is 24.3 Å². The molecule has 0 unspecified atom stereocenters. The highest BCUT2D eigenvalue weighted by molar-refractivity contribution is 9.10. The van der Waals surface area contributed by atoms with Crippen molar-refractivity contribution in [3.05, 3.63) is 58.1 Å². The Balaban J connectivity index is 2.03. The quantitative estimate of drug-likeness (QED) is 0.907. The summed E-state index contributed by atoms with van der Waals surface area (Å²) in [7, 11) is 0. The van der Waals surface area contributed by atoms with Gasteiger partial charge in [0.15, 0.2) is 0 Å². The minimum absolute atomic E-state index is 0.0804. The van der Waals surface area contributed by atoms with Gasteiger partial charge in [-0.1, -0.05) is 28.1 Å². The zero-order valence-corrected chi connectivity index (χ0v) is 12.1. The molecule has 0 saturated carbocycles. The van der Waals surface area contributed by atoms with Crippen LogP contribution in [0.3, 0.4) is 0 Å². The van der Waals surface area contributed by atoms with Crippen molar-refractivity contribution in [3.63, 3.8) is 0 Å². The average molecular weight is 320 g/mol. The number of hydrogen-bond donors (Lipinski definition) is 2. The molecule has 2 N–H and O–H groups in total. The first-order valence-corrected chi connectivity index (χ1v) is 6.67. The van der Waals surface area contributed by atoms with Crippen LogP contribution >= 0.6 is 15.9 Å². The lowest BCUT2D eigenvalue weighted by Crippen LogP contribution is -2.14. The molecule has 0 fully saturated rings. The van der Waals surface area contributed by atoms with Gasteiger partial charge in [-0.05, 0) is 48.4 Å². The average Bonchev–Trinajstić information content (AvgIpc) is 2.30. The van der Waals surface area contributed by atoms with Gasteiger partial charge in [-0.2, -0.15) is 0 Å². The van der Waals surface area contributed by atoms with E-state index in [9.17, 15) is 9.90 Å². The molecule has 0 aliphatic rings. The Bertz CT molecular complexity index is 573. The third-order valence-corrected chi connectivity index (χ3v) is 3.08. The van der Waals surface area contributed by atoms with E-state index in [2.05, 4.69) is 21.2 Å². The first kappa shape index (κ1) is 13.6. The summed E-state index contributed by atoms with van der Waals surface area (Å²) in [6.45, 7) is 1.97. The fraction of sp³-hybridized carbons (Fsp3) is 0.133. The van der Waals surface area contributed by atoms with E-state index in [4.69, 9.17) is 0 Å². The van der Waals surface area contributed by atoms with E-state index in [0.717, 1.165) is 21.3 Å². The van der Waals surface area contributed by atoms with Crippen LogP contribution in [0.25, 0.3) is 0 Å². The van der Waals surface area contributed by atoms with Crippen molar-refractivity contribution in [1.82, 2.24) is 0 Å². The topological polar surface area (TPSA) is 49.3 Å². The molecule has 0 atom stereocenters. The molecular weight excluding hydrogens is 306 g/mol. The van der Waals surface area contributed by atoms with Gasteiger partial charge in [-0.25, -0.2) is 0 Å². The number of aryl methyl sites for hydroxylation is 1. The normalized spacial score (nSPS) is 10.2. The number of phenols is 1. The number of aromatic hydroxyl groups is 1. The number of amides is 1. The third kappa shape index (κ3) is 4.10. The van der Waals surface area contributed by atoms with Crippen molar-refractivity contribution in [2.24, 2.45) is 0 Å². The second kappa shape index (κ2) is 5.89. The van der Waals surface area contributed by atoms with E-state index in [1.807, 2.05) is 25.1 Å². The maximum Gasteiger partial charge on any atom is 0.228 e. The van der Waals surface area contributed by atoms with Gasteiger partial charge in [-0.15, -0.1) is 0 Å². The van der Waals surface area contributed by atoms with Crippen LogP contribution in [0.4, 0.5) is 5.69 Å². The zero-order chi connectivity index (χ0) is 13.8. The number of benzene rings is 2. The molecular formula is C15H14BrNO2. The number of carbonyl (C=O) groups is 1. The van der Waals surface area contributed by atoms with Crippen LogP contribution in [-0.2, 0) is 11.2 Å². The maximum atomic E-state index is 11.9. The predicted molar refractivity (Wildman–Crippen MR) is 79.3 cm³/mol. The minimum Gasteiger partial charge on any atom is -0.508 e. The molecule has 98 valence electrons. The molecule has 2 aromatic rings. The second-order valence-electron chi connectivity index (χ2n) is 4.41. The number of phenolic OH excluding ortho intramolecular Hbond substituents is 1. The standard InChI is InChI=1S/C15H14BrNO2/c1-10-6-12(16)9-13(7-10)17-15(19)8-11-2-4-14(18)5-3-11/h2-7,9,18H,8H2,1H3,(H,17,19). The molecule has 2 rings (SSSR count). The van der Waals surface area contributed by atoms with Gasteiger partial charge in [0.05, 0.1) is 6.42 Å². The summed E-state index contributed by atoms with van der Waals surface area (Å²) in [6.07, 6.45) is 0.284. The summed E-state index contributed by atoms with van der Waals surface area (Å²) >= 11 is 3.40. The first-order chi connectivity index (χ1) is 9.02. The highest BCUT2D eigenvalue weighted by atomic mass is 79.9. The number of carbonyl (C=O) groups excluding carboxylic acids is 1. The lowest BCUT2D eigenvalue weighted by atomic mass is 10.1. The van der Waals surface area contributed by atoms with Gasteiger partial charge in [0, 0.05) is 10.2 Å². The molecule has 0 aliphatic heterocycles. The summed E-state index contributed by atoms with van der Waals surface area (Å²) in [5.41, 5.74) is 2.71. The first-order valence-electron chi connectivity index (χ1n) is 5.88. The van der Waals surface area contributed by atoms with Crippen LogP contribution in [0, 0.1) is 6.92 Å². The van der Waals surface area contributed by atoms with Gasteiger partial charge in [0.25, 0.3) is 0 Å². The smallest absolute Gasteiger partial charge is 0.228 e. The molecule has 2 aromatic carbocycles. The zero-order valence-electron chi connectivity index (χ0n) is 10.5. The van der Waals surface area contributed by atoms with Crippen LogP contribution in [0.1, 0.15) is 11.1 Å². The molecule has 0 radical (unpaired) electrons. The van der Waals surface area contributed by atoms with Crippen molar-refractivity contribution >= 4 is 27.5 Å². The predicted octanol–water partition coefficient (Wildman–Crippen LogP) is 3.64. The van der Waals surface area contributed by atoms with Crippen molar-refractivity contribution < 1.29 is 9.90 Å². The summed E-state index contributed by atoms with van der Waals surface area (Å²) in [5, 5.41) is 12.0. The minimum atomic E-state index is -0.0804. The van der Waals surface area contributed by atoms with Crippen LogP contribution < -0.4 is 5.32 Å². The second-order valence-corrected chi connectivity index (χ2v) is 5.32. The van der Waals surface area contributed by atoms with Crippen molar-refractivity contribution in [2.45, 2.75) is 13.3 Å². The number of anilines is 1. The SMILES string of the molecule is Cc1cc(Br)cc(NC(=O)Cc2ccc(O)cc2)c1. The summed E-state index contributed by atoms with van der Waals surface area (Å²) in [5.74, 6) is 0.120. The molecule has 0 aliphatic carbocycles. The van der Waals surface area contributed by atoms with Gasteiger partial charge in [-0.3, -0.25) is 4.79 Å². The Morgan fingerprint density at radius 3 is 2.53 bits per heavy atom. The van der Waals surface area contributed by atoms with Crippen LogP contribution in [0.2, 0.25) is 0 Å². The van der Waals surface area contributed by atoms with Gasteiger partial charge in [0.2, 0.25) is 5.91 Å². The van der Waals surface area contributed by atoms with Crippen molar-refractivity contribution in [2.75, 3.05) is 5.32 Å². The highest BCUT2D eigenvalue weighted by Gasteiger charge is 2.05. The molecule has 0 heterocycles. The Hall–Kier alpha value is -1.81. The number of halogens is 1. The molecule has 19 heavy (non-hydrogen) atoms. The van der Waals surface area contributed by atoms with Crippen LogP contribution in [0.15, 0.2) is 46.9 Å². The van der Waals surface area contributed by atoms with Crippen LogP contribution in [-0.4, -0.2) is 11.0 Å². The Morgan fingerprint density at radius 2 is 1.89 bits per heavy atom. The number of nitrogens with one attached hydrogen (secondary N) is 1. The van der Waals surface area contributed by atoms with E-state index in [1.165, 1.54) is 0 Å². The van der Waals surface area contributed by atoms with E-state index in [-0.39, 0.29) is 18.1 Å². The van der Waals surface area contributed by atoms with Gasteiger partial charge < -0.3 is 10.4 Å². The third-order valence-electron chi connectivity index (χ3n) is 2.63. The molecule has 1 amide bonds. The Morgan fingerprint density at radius 1 is 1.21 bits per heavy atom. The summed E-state index contributed by atoms with van der Waals surface area (Å²) in [6, 6.07) is 12.4. The number of hydrogen-bond acceptors (Lipinski definition) is 2. The fourth-order valence-electron chi connectivity index (χ4n) is 1.81. The molecule has 0 spiro atoms. The van der Waals surface area contributed by atoms with Gasteiger partial charge in [0.1, 0.15) is 5.75 Å². The van der Waals surface area contributed by atoms with E-state index >= 15 is 0 Å². The summed E-state index contributed by atoms with van der Waals surface area (Å²) < 4.78 is 0.937. The Kier molecular flexibility index (Phi) is 4.22. The molecule has 3 nitrogen and oxygen atoms in total. The lowest BCUT2D eigenvalue weighted by Gasteiger charge is -2.07. The van der Waals surface area contributed by atoms with E-state index in [0.29, 0.717) is 0 Å². The molecule has 0 bridgehead atoms. The van der Waals surface area contributed by atoms with Crippen molar-refractivity contribution in [3.8, 4) is 5.75 Å². The molecule has 4 heteroatoms. The maximum absolute atomic E-state index is 11.9. The van der Waals surface area contributed by atoms with Crippen molar-refractivity contribution in [1.29, 1.82) is 0 Å². The molecule has 0 saturated heterocycles. The fourth-order valence-corrected chi connectivity index (χ4v) is 2.42. The number of rotatable bonds is 3. The largest absolute Gasteiger partial charge is 0.508 e. The van der Waals surface area contributed by atoms with E-state index < -0.39 is 0 Å². The summed E-state index contributed by atoms with van der Waals surface area (Å²) in [4.78, 5) is 11.9. The highest BCUT2D eigenvalue weighted by Crippen LogP contribution is 2.19. The van der Waals surface area contributed by atoms with Crippen LogP contribution in [0.5, 0.6) is 5.75 Å². The van der Waals surface area contributed by atoms with Gasteiger partial charge >= 0.3 is 0 Å². The molecule has 0 aromatic heterocycles. The monoisotopic (exact) mass is 319 g/mol.